The molecule has 114 valence electrons. The maximum Gasteiger partial charge on any atom is 0.126 e. The molecule has 2 aromatic carbocycles. The van der Waals surface area contributed by atoms with Gasteiger partial charge in [-0.2, -0.15) is 0 Å². The van der Waals surface area contributed by atoms with Crippen LogP contribution in [0.3, 0.4) is 0 Å². The molecule has 3 nitrogen and oxygen atoms in total. The van der Waals surface area contributed by atoms with E-state index in [-0.39, 0.29) is 0 Å². The Bertz CT molecular complexity index is 683. The van der Waals surface area contributed by atoms with Crippen LogP contribution >= 0.6 is 0 Å². The Kier molecular flexibility index (Phi) is 3.51. The SMILES string of the molecule is COc1ccccc1-c1cccc2c1N1CCNCCC1C2. The topological polar surface area (TPSA) is 24.5 Å². The van der Waals surface area contributed by atoms with Crippen LogP contribution in [0.15, 0.2) is 42.5 Å². The number of ether oxygens (including phenoxy) is 1. The van der Waals surface area contributed by atoms with Gasteiger partial charge >= 0.3 is 0 Å². The summed E-state index contributed by atoms with van der Waals surface area (Å²) in [6, 6.07) is 15.7. The van der Waals surface area contributed by atoms with Crippen LogP contribution in [0.5, 0.6) is 5.75 Å². The van der Waals surface area contributed by atoms with Gasteiger partial charge < -0.3 is 15.0 Å². The third kappa shape index (κ3) is 2.17. The maximum atomic E-state index is 5.59. The number of para-hydroxylation sites is 2. The summed E-state index contributed by atoms with van der Waals surface area (Å²) in [5.74, 6) is 0.951. The Morgan fingerprint density at radius 2 is 1.91 bits per heavy atom. The summed E-state index contributed by atoms with van der Waals surface area (Å²) in [6.45, 7) is 3.28. The molecule has 4 rings (SSSR count). The highest BCUT2D eigenvalue weighted by Gasteiger charge is 2.32. The second-order valence-corrected chi connectivity index (χ2v) is 6.10. The number of rotatable bonds is 2. The van der Waals surface area contributed by atoms with Gasteiger partial charge in [-0.15, -0.1) is 0 Å². The maximum absolute atomic E-state index is 5.59. The second kappa shape index (κ2) is 5.65. The van der Waals surface area contributed by atoms with E-state index < -0.39 is 0 Å². The zero-order chi connectivity index (χ0) is 14.9. The molecule has 0 spiro atoms. The van der Waals surface area contributed by atoms with Crippen molar-refractivity contribution in [2.24, 2.45) is 0 Å². The standard InChI is InChI=1S/C19H22N2O/c1-22-18-8-3-2-6-16(18)17-7-4-5-14-13-15-9-10-20-11-12-21(15)19(14)17/h2-8,15,20H,9-13H2,1H3. The molecule has 2 heterocycles. The van der Waals surface area contributed by atoms with Crippen LogP contribution in [0.2, 0.25) is 0 Å². The molecule has 0 saturated carbocycles. The summed E-state index contributed by atoms with van der Waals surface area (Å²) in [6.07, 6.45) is 2.39. The lowest BCUT2D eigenvalue weighted by Gasteiger charge is -2.27. The van der Waals surface area contributed by atoms with E-state index in [1.807, 2.05) is 12.1 Å². The van der Waals surface area contributed by atoms with Gasteiger partial charge in [0.15, 0.2) is 0 Å². The number of nitrogens with zero attached hydrogens (tertiary/aromatic N) is 1. The number of nitrogens with one attached hydrogen (secondary N) is 1. The number of benzene rings is 2. The van der Waals surface area contributed by atoms with E-state index in [0.29, 0.717) is 6.04 Å². The molecule has 0 aromatic heterocycles. The lowest BCUT2D eigenvalue weighted by atomic mass is 9.99. The molecule has 0 bridgehead atoms. The summed E-state index contributed by atoms with van der Waals surface area (Å²) in [5, 5.41) is 3.52. The molecule has 1 saturated heterocycles. The number of anilines is 1. The molecular formula is C19H22N2O. The number of methoxy groups -OCH3 is 1. The first-order valence-corrected chi connectivity index (χ1v) is 8.11. The molecule has 2 aliphatic rings. The molecule has 0 aliphatic carbocycles. The summed E-state index contributed by atoms with van der Waals surface area (Å²) < 4.78 is 5.59. The van der Waals surface area contributed by atoms with E-state index in [2.05, 4.69) is 40.5 Å². The summed E-state index contributed by atoms with van der Waals surface area (Å²) in [5.41, 5.74) is 5.40. The molecule has 3 heteroatoms. The minimum Gasteiger partial charge on any atom is -0.496 e. The number of hydrogen-bond acceptors (Lipinski definition) is 3. The third-order valence-corrected chi connectivity index (χ3v) is 4.88. The van der Waals surface area contributed by atoms with Gasteiger partial charge in [0.05, 0.1) is 7.11 Å². The van der Waals surface area contributed by atoms with Crippen molar-refractivity contribution >= 4 is 5.69 Å². The largest absolute Gasteiger partial charge is 0.496 e. The van der Waals surface area contributed by atoms with Crippen molar-refractivity contribution in [3.05, 3.63) is 48.0 Å². The van der Waals surface area contributed by atoms with Crippen LogP contribution in [0.4, 0.5) is 5.69 Å². The van der Waals surface area contributed by atoms with Crippen molar-refractivity contribution in [3.8, 4) is 16.9 Å². The van der Waals surface area contributed by atoms with E-state index >= 15 is 0 Å². The molecule has 0 radical (unpaired) electrons. The van der Waals surface area contributed by atoms with Crippen molar-refractivity contribution < 1.29 is 4.74 Å². The van der Waals surface area contributed by atoms with Gasteiger partial charge in [0.2, 0.25) is 0 Å². The van der Waals surface area contributed by atoms with E-state index in [1.165, 1.54) is 35.2 Å². The summed E-state index contributed by atoms with van der Waals surface area (Å²) in [7, 11) is 1.75. The highest BCUT2D eigenvalue weighted by Crippen LogP contribution is 2.44. The molecule has 2 aliphatic heterocycles. The van der Waals surface area contributed by atoms with Crippen molar-refractivity contribution in [1.82, 2.24) is 5.32 Å². The second-order valence-electron chi connectivity index (χ2n) is 6.10. The lowest BCUT2D eigenvalue weighted by Crippen LogP contribution is -2.33. The highest BCUT2D eigenvalue weighted by atomic mass is 16.5. The summed E-state index contributed by atoms with van der Waals surface area (Å²) in [4.78, 5) is 2.61. The predicted molar refractivity (Wildman–Crippen MR) is 90.8 cm³/mol. The molecule has 22 heavy (non-hydrogen) atoms. The average Bonchev–Trinajstić information content (AvgIpc) is 2.76. The molecule has 1 fully saturated rings. The first kappa shape index (κ1) is 13.6. The molecule has 1 N–H and O–H groups in total. The van der Waals surface area contributed by atoms with Gasteiger partial charge in [-0.05, 0) is 31.0 Å². The first-order chi connectivity index (χ1) is 10.9. The number of hydrogen-bond donors (Lipinski definition) is 1. The van der Waals surface area contributed by atoms with Gasteiger partial charge in [-0.3, -0.25) is 0 Å². The van der Waals surface area contributed by atoms with Crippen molar-refractivity contribution in [1.29, 1.82) is 0 Å². The fourth-order valence-electron chi connectivity index (χ4n) is 3.87. The van der Waals surface area contributed by atoms with Crippen LogP contribution < -0.4 is 15.0 Å². The highest BCUT2D eigenvalue weighted by molar-refractivity contribution is 5.86. The van der Waals surface area contributed by atoms with Gasteiger partial charge in [0.25, 0.3) is 0 Å². The monoisotopic (exact) mass is 294 g/mol. The third-order valence-electron chi connectivity index (χ3n) is 4.88. The van der Waals surface area contributed by atoms with E-state index in [4.69, 9.17) is 4.74 Å². The minimum atomic E-state index is 0.640. The average molecular weight is 294 g/mol. The Balaban J connectivity index is 1.85. The first-order valence-electron chi connectivity index (χ1n) is 8.11. The molecule has 1 atom stereocenters. The Morgan fingerprint density at radius 1 is 1.05 bits per heavy atom. The van der Waals surface area contributed by atoms with Crippen LogP contribution in [0, 0.1) is 0 Å². The molecule has 1 unspecified atom stereocenters. The molecular weight excluding hydrogens is 272 g/mol. The van der Waals surface area contributed by atoms with Gasteiger partial charge in [0.1, 0.15) is 5.75 Å². The normalized spacial score (nSPS) is 20.2. The van der Waals surface area contributed by atoms with Gasteiger partial charge in [0, 0.05) is 35.9 Å². The molecule has 0 amide bonds. The lowest BCUT2D eigenvalue weighted by molar-refractivity contribution is 0.416. The van der Waals surface area contributed by atoms with Crippen LogP contribution in [0.25, 0.3) is 11.1 Å². The van der Waals surface area contributed by atoms with Crippen molar-refractivity contribution in [2.45, 2.75) is 18.9 Å². The Labute approximate surface area is 131 Å². The van der Waals surface area contributed by atoms with Gasteiger partial charge in [-0.1, -0.05) is 36.4 Å². The van der Waals surface area contributed by atoms with Gasteiger partial charge in [-0.25, -0.2) is 0 Å². The van der Waals surface area contributed by atoms with Crippen molar-refractivity contribution in [2.75, 3.05) is 31.6 Å². The van der Waals surface area contributed by atoms with Crippen molar-refractivity contribution in [3.63, 3.8) is 0 Å². The van der Waals surface area contributed by atoms with Crippen LogP contribution in [-0.2, 0) is 6.42 Å². The smallest absolute Gasteiger partial charge is 0.126 e. The van der Waals surface area contributed by atoms with E-state index in [9.17, 15) is 0 Å². The zero-order valence-electron chi connectivity index (χ0n) is 13.0. The van der Waals surface area contributed by atoms with Crippen LogP contribution in [0.1, 0.15) is 12.0 Å². The molecule has 2 aromatic rings. The number of fused-ring (bicyclic) bond motifs is 3. The fraction of sp³-hybridized carbons (Fsp3) is 0.368. The summed E-state index contributed by atoms with van der Waals surface area (Å²) >= 11 is 0. The quantitative estimate of drug-likeness (QED) is 0.921. The zero-order valence-corrected chi connectivity index (χ0v) is 13.0. The Hall–Kier alpha value is -2.00. The Morgan fingerprint density at radius 3 is 2.82 bits per heavy atom. The minimum absolute atomic E-state index is 0.640. The fourth-order valence-corrected chi connectivity index (χ4v) is 3.87. The van der Waals surface area contributed by atoms with Crippen LogP contribution in [-0.4, -0.2) is 32.8 Å². The predicted octanol–water partition coefficient (Wildman–Crippen LogP) is 3.09. The van der Waals surface area contributed by atoms with E-state index in [1.54, 1.807) is 7.11 Å². The van der Waals surface area contributed by atoms with E-state index in [0.717, 1.165) is 25.4 Å².